The monoisotopic (exact) mass is 355 g/mol. The lowest BCUT2D eigenvalue weighted by molar-refractivity contribution is 0.0450. The van der Waals surface area contributed by atoms with E-state index in [1.165, 1.54) is 12.3 Å². The molecule has 0 spiro atoms. The third-order valence-electron chi connectivity index (χ3n) is 2.36. The highest BCUT2D eigenvalue weighted by Gasteiger charge is 2.07. The third kappa shape index (κ3) is 4.51. The predicted octanol–water partition coefficient (Wildman–Crippen LogP) is 3.73. The van der Waals surface area contributed by atoms with Crippen molar-refractivity contribution in [3.05, 3.63) is 57.8 Å². The number of nitrogens with zero attached hydrogens (tertiary/aromatic N) is 1. The first-order valence-corrected chi connectivity index (χ1v) is 6.99. The number of ether oxygens (including phenoxy) is 2. The minimum atomic E-state index is -0.450. The first-order valence-electron chi connectivity index (χ1n) is 5.82. The number of halogens is 2. The van der Waals surface area contributed by atoms with Crippen molar-refractivity contribution >= 4 is 33.5 Å². The molecule has 0 fully saturated rings. The molecule has 1 aromatic heterocycles. The number of carbonyl (C=O) groups excluding carboxylic acids is 1. The normalized spacial score (nSPS) is 10.1. The van der Waals surface area contributed by atoms with Crippen LogP contribution in [0.3, 0.4) is 0 Å². The van der Waals surface area contributed by atoms with E-state index in [0.29, 0.717) is 5.56 Å². The van der Waals surface area contributed by atoms with E-state index in [2.05, 4.69) is 20.9 Å². The van der Waals surface area contributed by atoms with Gasteiger partial charge < -0.3 is 9.47 Å². The van der Waals surface area contributed by atoms with Crippen LogP contribution in [0.4, 0.5) is 0 Å². The van der Waals surface area contributed by atoms with E-state index in [0.717, 1.165) is 10.2 Å². The largest absolute Gasteiger partial charge is 0.490 e. The summed E-state index contributed by atoms with van der Waals surface area (Å²) >= 11 is 9.03. The lowest BCUT2D eigenvalue weighted by atomic mass is 10.3. The molecule has 0 saturated heterocycles. The van der Waals surface area contributed by atoms with Crippen molar-refractivity contribution in [3.63, 3.8) is 0 Å². The van der Waals surface area contributed by atoms with Crippen molar-refractivity contribution in [1.29, 1.82) is 0 Å². The van der Waals surface area contributed by atoms with Gasteiger partial charge in [0.15, 0.2) is 0 Å². The molecule has 0 atom stereocenters. The summed E-state index contributed by atoms with van der Waals surface area (Å²) in [4.78, 5) is 15.5. The summed E-state index contributed by atoms with van der Waals surface area (Å²) in [5.74, 6) is 0.268. The summed E-state index contributed by atoms with van der Waals surface area (Å²) in [6.07, 6.45) is 1.46. The number of benzene rings is 1. The van der Waals surface area contributed by atoms with Gasteiger partial charge in [-0.3, -0.25) is 0 Å². The quantitative estimate of drug-likeness (QED) is 0.465. The molecular formula is C14H11BrClNO3. The van der Waals surface area contributed by atoms with Gasteiger partial charge in [-0.15, -0.1) is 0 Å². The predicted molar refractivity (Wildman–Crippen MR) is 79.2 cm³/mol. The number of esters is 1. The molecule has 0 unspecified atom stereocenters. The smallest absolute Gasteiger partial charge is 0.338 e. The number of pyridine rings is 1. The van der Waals surface area contributed by atoms with Crippen molar-refractivity contribution in [2.75, 3.05) is 13.2 Å². The average Bonchev–Trinajstić information content (AvgIpc) is 2.45. The first-order chi connectivity index (χ1) is 9.65. The fraction of sp³-hybridized carbons (Fsp3) is 0.143. The molecule has 104 valence electrons. The highest BCUT2D eigenvalue weighted by atomic mass is 79.9. The Hall–Kier alpha value is -1.59. The van der Waals surface area contributed by atoms with Crippen molar-refractivity contribution in [1.82, 2.24) is 4.98 Å². The number of hydrogen-bond acceptors (Lipinski definition) is 4. The molecule has 0 aliphatic carbocycles. The zero-order valence-corrected chi connectivity index (χ0v) is 12.7. The Bertz CT molecular complexity index is 589. The summed E-state index contributed by atoms with van der Waals surface area (Å²) in [5.41, 5.74) is 0.369. The summed E-state index contributed by atoms with van der Waals surface area (Å²) < 4.78 is 11.5. The maximum Gasteiger partial charge on any atom is 0.338 e. The van der Waals surface area contributed by atoms with Crippen molar-refractivity contribution in [2.24, 2.45) is 0 Å². The summed E-state index contributed by atoms with van der Waals surface area (Å²) in [6.45, 7) is 0.445. The Morgan fingerprint density at radius 2 is 1.95 bits per heavy atom. The van der Waals surface area contributed by atoms with Crippen molar-refractivity contribution in [2.45, 2.75) is 0 Å². The minimum Gasteiger partial charge on any atom is -0.490 e. The Morgan fingerprint density at radius 1 is 1.20 bits per heavy atom. The number of rotatable bonds is 5. The van der Waals surface area contributed by atoms with Gasteiger partial charge in [0.05, 0.1) is 5.56 Å². The van der Waals surface area contributed by atoms with Crippen molar-refractivity contribution in [3.8, 4) is 5.75 Å². The molecule has 0 saturated carbocycles. The van der Waals surface area contributed by atoms with Gasteiger partial charge in [-0.1, -0.05) is 27.5 Å². The minimum absolute atomic E-state index is 0.162. The highest BCUT2D eigenvalue weighted by molar-refractivity contribution is 9.10. The molecule has 6 heteroatoms. The van der Waals surface area contributed by atoms with Crippen LogP contribution >= 0.6 is 27.5 Å². The van der Waals surface area contributed by atoms with Crippen LogP contribution in [0.25, 0.3) is 0 Å². The first kappa shape index (κ1) is 14.8. The van der Waals surface area contributed by atoms with Crippen LogP contribution in [-0.2, 0) is 4.74 Å². The van der Waals surface area contributed by atoms with Crippen LogP contribution in [0.1, 0.15) is 10.4 Å². The van der Waals surface area contributed by atoms with Crippen LogP contribution in [0, 0.1) is 0 Å². The highest BCUT2D eigenvalue weighted by Crippen LogP contribution is 2.16. The zero-order chi connectivity index (χ0) is 14.4. The van der Waals surface area contributed by atoms with Crippen LogP contribution < -0.4 is 4.74 Å². The average molecular weight is 357 g/mol. The van der Waals surface area contributed by atoms with Crippen LogP contribution in [0.5, 0.6) is 5.75 Å². The molecule has 2 aromatic rings. The molecule has 20 heavy (non-hydrogen) atoms. The van der Waals surface area contributed by atoms with Gasteiger partial charge in [0.25, 0.3) is 0 Å². The van der Waals surface area contributed by atoms with E-state index in [1.54, 1.807) is 6.07 Å². The van der Waals surface area contributed by atoms with E-state index in [1.807, 2.05) is 24.3 Å². The van der Waals surface area contributed by atoms with Gasteiger partial charge >= 0.3 is 5.97 Å². The van der Waals surface area contributed by atoms with E-state index in [4.69, 9.17) is 21.1 Å². The standard InChI is InChI=1S/C14H11BrClNO3/c15-11-1-3-12(4-2-11)19-7-8-20-14(18)10-5-6-17-13(16)9-10/h1-6,9H,7-8H2. The molecule has 4 nitrogen and oxygen atoms in total. The third-order valence-corrected chi connectivity index (χ3v) is 3.10. The van der Waals surface area contributed by atoms with Crippen LogP contribution in [0.15, 0.2) is 47.1 Å². The lowest BCUT2D eigenvalue weighted by Crippen LogP contribution is -2.12. The van der Waals surface area contributed by atoms with Crippen LogP contribution in [0.2, 0.25) is 5.15 Å². The van der Waals surface area contributed by atoms with Gasteiger partial charge in [0, 0.05) is 10.7 Å². The molecule has 1 heterocycles. The lowest BCUT2D eigenvalue weighted by Gasteiger charge is -2.07. The van der Waals surface area contributed by atoms with E-state index in [-0.39, 0.29) is 18.4 Å². The Kier molecular flexibility index (Phi) is 5.38. The van der Waals surface area contributed by atoms with E-state index in [9.17, 15) is 4.79 Å². The Morgan fingerprint density at radius 3 is 2.65 bits per heavy atom. The Labute approximate surface area is 129 Å². The van der Waals surface area contributed by atoms with Crippen molar-refractivity contribution < 1.29 is 14.3 Å². The topological polar surface area (TPSA) is 48.4 Å². The molecule has 0 amide bonds. The van der Waals surface area contributed by atoms with Gasteiger partial charge in [-0.05, 0) is 36.4 Å². The zero-order valence-electron chi connectivity index (χ0n) is 10.4. The maximum absolute atomic E-state index is 11.7. The number of aromatic nitrogens is 1. The van der Waals surface area contributed by atoms with E-state index >= 15 is 0 Å². The molecule has 2 rings (SSSR count). The summed E-state index contributed by atoms with van der Waals surface area (Å²) in [6, 6.07) is 10.4. The van der Waals surface area contributed by atoms with Crippen LogP contribution in [-0.4, -0.2) is 24.2 Å². The number of hydrogen-bond donors (Lipinski definition) is 0. The van der Waals surface area contributed by atoms with Gasteiger partial charge in [0.1, 0.15) is 24.1 Å². The summed E-state index contributed by atoms with van der Waals surface area (Å²) in [7, 11) is 0. The fourth-order valence-corrected chi connectivity index (χ4v) is 1.88. The molecule has 0 aliphatic rings. The molecule has 0 radical (unpaired) electrons. The molecule has 0 aliphatic heterocycles. The van der Waals surface area contributed by atoms with Gasteiger partial charge in [0.2, 0.25) is 0 Å². The maximum atomic E-state index is 11.7. The van der Waals surface area contributed by atoms with E-state index < -0.39 is 5.97 Å². The van der Waals surface area contributed by atoms with Gasteiger partial charge in [-0.2, -0.15) is 0 Å². The second-order valence-corrected chi connectivity index (χ2v) is 5.11. The second-order valence-electron chi connectivity index (χ2n) is 3.81. The fourth-order valence-electron chi connectivity index (χ4n) is 1.44. The molecule has 0 bridgehead atoms. The molecule has 0 N–H and O–H groups in total. The summed E-state index contributed by atoms with van der Waals surface area (Å²) in [5, 5.41) is 0.255. The molecule has 1 aromatic carbocycles. The Balaban J connectivity index is 1.76. The SMILES string of the molecule is O=C(OCCOc1ccc(Br)cc1)c1ccnc(Cl)c1. The van der Waals surface area contributed by atoms with Gasteiger partial charge in [-0.25, -0.2) is 9.78 Å². The molecular weight excluding hydrogens is 346 g/mol. The second kappa shape index (κ2) is 7.26. The number of carbonyl (C=O) groups is 1.